The molecule has 126 valence electrons. The zero-order valence-corrected chi connectivity index (χ0v) is 13.8. The van der Waals surface area contributed by atoms with Crippen molar-refractivity contribution in [2.45, 2.75) is 39.5 Å². The molecule has 8 nitrogen and oxygen atoms in total. The predicted octanol–water partition coefficient (Wildman–Crippen LogP) is 2.38. The Labute approximate surface area is 130 Å². The number of carbonyl (C=O) groups is 2. The molecule has 0 amide bonds. The normalized spacial score (nSPS) is 10.8. The van der Waals surface area contributed by atoms with Crippen LogP contribution < -0.4 is 0 Å². The van der Waals surface area contributed by atoms with E-state index < -0.39 is 7.60 Å². The highest BCUT2D eigenvalue weighted by molar-refractivity contribution is 7.59. The minimum atomic E-state index is -3.85. The molecule has 0 aromatic heterocycles. The van der Waals surface area contributed by atoms with Gasteiger partial charge in [-0.3, -0.25) is 18.6 Å². The van der Waals surface area contributed by atoms with Gasteiger partial charge in [-0.05, 0) is 26.7 Å². The van der Waals surface area contributed by atoms with Crippen LogP contribution in [0.4, 0.5) is 0 Å². The van der Waals surface area contributed by atoms with Gasteiger partial charge in [-0.2, -0.15) is 5.26 Å². The van der Waals surface area contributed by atoms with Crippen LogP contribution >= 0.6 is 7.60 Å². The molecule has 0 saturated heterocycles. The van der Waals surface area contributed by atoms with Gasteiger partial charge in [-0.15, -0.1) is 0 Å². The number of nitriles is 1. The van der Waals surface area contributed by atoms with Crippen LogP contribution in [0.3, 0.4) is 0 Å². The van der Waals surface area contributed by atoms with Crippen molar-refractivity contribution in [3.63, 3.8) is 0 Å². The molecule has 0 heterocycles. The van der Waals surface area contributed by atoms with Crippen molar-refractivity contribution < 1.29 is 32.7 Å². The molecule has 0 radical (unpaired) electrons. The van der Waals surface area contributed by atoms with Crippen molar-refractivity contribution in [2.75, 3.05) is 26.4 Å². The van der Waals surface area contributed by atoms with Gasteiger partial charge in [0.1, 0.15) is 0 Å². The summed E-state index contributed by atoms with van der Waals surface area (Å²) in [4.78, 5) is 22.2. The van der Waals surface area contributed by atoms with Crippen LogP contribution in [-0.2, 0) is 32.7 Å². The first kappa shape index (κ1) is 20.6. The summed E-state index contributed by atoms with van der Waals surface area (Å²) in [5.41, 5.74) is 0. The van der Waals surface area contributed by atoms with Crippen LogP contribution in [0.25, 0.3) is 0 Å². The number of hydrogen-bond acceptors (Lipinski definition) is 8. The molecule has 0 aliphatic rings. The molecule has 0 rings (SSSR count). The lowest BCUT2D eigenvalue weighted by Gasteiger charge is -2.11. The van der Waals surface area contributed by atoms with Crippen molar-refractivity contribution in [2.24, 2.45) is 0 Å². The second-order valence-electron chi connectivity index (χ2n) is 4.08. The van der Waals surface area contributed by atoms with E-state index in [1.54, 1.807) is 13.8 Å². The molecular weight excluding hydrogens is 313 g/mol. The third-order valence-electron chi connectivity index (χ3n) is 2.31. The molecule has 0 fully saturated rings. The molecule has 0 bridgehead atoms. The van der Waals surface area contributed by atoms with E-state index in [1.165, 1.54) is 5.81 Å². The van der Waals surface area contributed by atoms with Crippen molar-refractivity contribution in [1.29, 1.82) is 5.26 Å². The van der Waals surface area contributed by atoms with Gasteiger partial charge < -0.3 is 9.47 Å². The lowest BCUT2D eigenvalue weighted by Crippen LogP contribution is -2.07. The lowest BCUT2D eigenvalue weighted by atomic mass is 10.3. The molecule has 0 unspecified atom stereocenters. The predicted molar refractivity (Wildman–Crippen MR) is 76.9 cm³/mol. The number of ether oxygens (including phenoxy) is 2. The average molecular weight is 335 g/mol. The zero-order valence-electron chi connectivity index (χ0n) is 12.9. The Morgan fingerprint density at radius 1 is 0.955 bits per heavy atom. The van der Waals surface area contributed by atoms with E-state index in [0.717, 1.165) is 0 Å². The molecular formula is C13H22NO7P. The van der Waals surface area contributed by atoms with E-state index in [0.29, 0.717) is 13.2 Å². The first-order valence-corrected chi connectivity index (χ1v) is 8.63. The van der Waals surface area contributed by atoms with Gasteiger partial charge >= 0.3 is 19.5 Å². The third kappa shape index (κ3) is 10.3. The molecule has 22 heavy (non-hydrogen) atoms. The summed E-state index contributed by atoms with van der Waals surface area (Å²) in [6.07, 6.45) is 0.775. The highest BCUT2D eigenvalue weighted by Crippen LogP contribution is 2.46. The van der Waals surface area contributed by atoms with E-state index in [-0.39, 0.29) is 50.8 Å². The number of carbonyl (C=O) groups excluding carboxylic acids is 2. The molecule has 0 aliphatic carbocycles. The second-order valence-corrected chi connectivity index (χ2v) is 5.79. The number of nitrogens with zero attached hydrogens (tertiary/aromatic N) is 1. The molecule has 0 spiro atoms. The van der Waals surface area contributed by atoms with Gasteiger partial charge in [0.15, 0.2) is 5.81 Å². The standard InChI is InChI=1S/C13H22NO7P/c1-3-18-12(15)7-5-9-20-22(17,11-14)21-10-6-8-13(16)19-4-2/h3-10H2,1-2H3. The largest absolute Gasteiger partial charge is 0.466 e. The maximum atomic E-state index is 11.9. The lowest BCUT2D eigenvalue weighted by molar-refractivity contribution is -0.144. The monoisotopic (exact) mass is 335 g/mol. The Kier molecular flexibility index (Phi) is 11.4. The number of rotatable bonds is 12. The molecule has 9 heteroatoms. The van der Waals surface area contributed by atoms with E-state index >= 15 is 0 Å². The SMILES string of the molecule is CCOC(=O)CCCOP(=O)(C#N)OCCCC(=O)OCC. The summed E-state index contributed by atoms with van der Waals surface area (Å²) < 4.78 is 31.1. The molecule has 0 aliphatic heterocycles. The van der Waals surface area contributed by atoms with Crippen molar-refractivity contribution in [3.8, 4) is 5.81 Å². The summed E-state index contributed by atoms with van der Waals surface area (Å²) >= 11 is 0. The fourth-order valence-corrected chi connectivity index (χ4v) is 2.29. The van der Waals surface area contributed by atoms with Crippen LogP contribution in [0.15, 0.2) is 0 Å². The van der Waals surface area contributed by atoms with Crippen molar-refractivity contribution in [1.82, 2.24) is 0 Å². The molecule has 0 aromatic rings. The molecule has 0 atom stereocenters. The van der Waals surface area contributed by atoms with E-state index in [1.807, 2.05) is 0 Å². The summed E-state index contributed by atoms with van der Waals surface area (Å²) in [7, 11) is -3.85. The Morgan fingerprint density at radius 2 is 1.36 bits per heavy atom. The average Bonchev–Trinajstić information content (AvgIpc) is 2.49. The maximum absolute atomic E-state index is 11.9. The highest BCUT2D eigenvalue weighted by Gasteiger charge is 2.24. The first-order valence-electron chi connectivity index (χ1n) is 7.09. The number of hydrogen-bond donors (Lipinski definition) is 0. The summed E-state index contributed by atoms with van der Waals surface area (Å²) in [5.74, 6) is 0.721. The van der Waals surface area contributed by atoms with Gasteiger partial charge in [0, 0.05) is 12.8 Å². The summed E-state index contributed by atoms with van der Waals surface area (Å²) in [6, 6.07) is 0. The van der Waals surface area contributed by atoms with E-state index in [9.17, 15) is 14.2 Å². The Hall–Kier alpha value is -1.42. The maximum Gasteiger partial charge on any atom is 0.431 e. The first-order chi connectivity index (χ1) is 10.5. The second kappa shape index (κ2) is 12.2. The quantitative estimate of drug-likeness (QED) is 0.303. The summed E-state index contributed by atoms with van der Waals surface area (Å²) in [5, 5.41) is 8.82. The van der Waals surface area contributed by atoms with Crippen LogP contribution in [0, 0.1) is 11.1 Å². The van der Waals surface area contributed by atoms with Crippen LogP contribution in [0.2, 0.25) is 0 Å². The van der Waals surface area contributed by atoms with Crippen LogP contribution in [0.1, 0.15) is 39.5 Å². The Balaban J connectivity index is 3.90. The Bertz CT molecular complexity index is 403. The smallest absolute Gasteiger partial charge is 0.431 e. The van der Waals surface area contributed by atoms with Gasteiger partial charge in [-0.25, -0.2) is 4.57 Å². The fraction of sp³-hybridized carbons (Fsp3) is 0.769. The number of esters is 2. The third-order valence-corrected chi connectivity index (χ3v) is 3.60. The van der Waals surface area contributed by atoms with Gasteiger partial charge in [-0.1, -0.05) is 0 Å². The Morgan fingerprint density at radius 3 is 1.68 bits per heavy atom. The van der Waals surface area contributed by atoms with Crippen LogP contribution in [-0.4, -0.2) is 38.4 Å². The van der Waals surface area contributed by atoms with Crippen LogP contribution in [0.5, 0.6) is 0 Å². The van der Waals surface area contributed by atoms with Gasteiger partial charge in [0.25, 0.3) is 0 Å². The molecule has 0 saturated carbocycles. The molecule has 0 N–H and O–H groups in total. The fourth-order valence-electron chi connectivity index (χ4n) is 1.36. The highest BCUT2D eigenvalue weighted by atomic mass is 31.2. The zero-order chi connectivity index (χ0) is 16.8. The van der Waals surface area contributed by atoms with Crippen molar-refractivity contribution in [3.05, 3.63) is 0 Å². The topological polar surface area (TPSA) is 112 Å². The van der Waals surface area contributed by atoms with E-state index in [2.05, 4.69) is 0 Å². The summed E-state index contributed by atoms with van der Waals surface area (Å²) in [6.45, 7) is 3.87. The van der Waals surface area contributed by atoms with Crippen molar-refractivity contribution >= 4 is 19.5 Å². The van der Waals surface area contributed by atoms with E-state index in [4.69, 9.17) is 23.8 Å². The minimum Gasteiger partial charge on any atom is -0.466 e. The van der Waals surface area contributed by atoms with Gasteiger partial charge in [0.05, 0.1) is 26.4 Å². The van der Waals surface area contributed by atoms with Gasteiger partial charge in [0.2, 0.25) is 0 Å². The minimum absolute atomic E-state index is 0.0540. The molecule has 0 aromatic carbocycles.